The van der Waals surface area contributed by atoms with Crippen LogP contribution in [0.2, 0.25) is 5.02 Å². The van der Waals surface area contributed by atoms with E-state index in [9.17, 15) is 19.2 Å². The second kappa shape index (κ2) is 7.58. The van der Waals surface area contributed by atoms with E-state index in [0.717, 1.165) is 4.90 Å². The molecular weight excluding hydrogens is 378 g/mol. The van der Waals surface area contributed by atoms with Crippen molar-refractivity contribution < 1.29 is 23.9 Å². The molecule has 140 valence electrons. The van der Waals surface area contributed by atoms with E-state index in [1.807, 2.05) is 0 Å². The molecule has 0 aliphatic carbocycles. The highest BCUT2D eigenvalue weighted by molar-refractivity contribution is 6.30. The van der Waals surface area contributed by atoms with Crippen molar-refractivity contribution in [2.45, 2.75) is 6.92 Å². The number of halogens is 1. The molecule has 0 atom stereocenters. The molecule has 0 saturated carbocycles. The van der Waals surface area contributed by atoms with E-state index in [-0.39, 0.29) is 13.2 Å². The highest BCUT2D eigenvalue weighted by Gasteiger charge is 2.29. The van der Waals surface area contributed by atoms with Crippen molar-refractivity contribution in [1.82, 2.24) is 14.7 Å². The normalized spacial score (nSPS) is 13.4. The van der Waals surface area contributed by atoms with Crippen molar-refractivity contribution in [2.75, 3.05) is 19.8 Å². The summed E-state index contributed by atoms with van der Waals surface area (Å²) in [5.74, 6) is -1.81. The first-order valence-corrected chi connectivity index (χ1v) is 8.26. The summed E-state index contributed by atoms with van der Waals surface area (Å²) >= 11 is 5.86. The lowest BCUT2D eigenvalue weighted by Crippen LogP contribution is -2.36. The number of nitrogens with zero attached hydrogens (tertiary/aromatic N) is 3. The minimum absolute atomic E-state index is 0.0847. The Bertz CT molecular complexity index is 970. The van der Waals surface area contributed by atoms with Gasteiger partial charge in [-0.1, -0.05) is 11.6 Å². The highest BCUT2D eigenvalue weighted by atomic mass is 35.5. The molecule has 0 spiro atoms. The number of carbonyl (C=O) groups is 3. The van der Waals surface area contributed by atoms with Crippen LogP contribution in [0.5, 0.6) is 0 Å². The smallest absolute Gasteiger partial charge is 0.416 e. The van der Waals surface area contributed by atoms with Gasteiger partial charge in [0.1, 0.15) is 6.61 Å². The fourth-order valence-electron chi connectivity index (χ4n) is 2.43. The summed E-state index contributed by atoms with van der Waals surface area (Å²) in [5, 5.41) is 4.56. The number of amides is 2. The molecule has 0 radical (unpaired) electrons. The molecule has 9 nitrogen and oxygen atoms in total. The Kier molecular flexibility index (Phi) is 5.22. The van der Waals surface area contributed by atoms with Gasteiger partial charge < -0.3 is 9.47 Å². The Balaban J connectivity index is 1.79. The zero-order valence-electron chi connectivity index (χ0n) is 14.2. The van der Waals surface area contributed by atoms with E-state index in [4.69, 9.17) is 16.3 Å². The minimum atomic E-state index is -1.07. The van der Waals surface area contributed by atoms with Gasteiger partial charge in [-0.3, -0.25) is 9.59 Å². The zero-order chi connectivity index (χ0) is 19.6. The number of carbonyl (C=O) groups excluding carboxylic acids is 3. The van der Waals surface area contributed by atoms with E-state index in [1.165, 1.54) is 10.7 Å². The fourth-order valence-corrected chi connectivity index (χ4v) is 2.55. The molecule has 0 bridgehead atoms. The summed E-state index contributed by atoms with van der Waals surface area (Å²) in [6.07, 6.45) is -0.797. The third-order valence-electron chi connectivity index (χ3n) is 3.76. The van der Waals surface area contributed by atoms with Crippen molar-refractivity contribution in [3.63, 3.8) is 0 Å². The second-order valence-electron chi connectivity index (χ2n) is 5.62. The van der Waals surface area contributed by atoms with Gasteiger partial charge in [-0.25, -0.2) is 19.2 Å². The second-order valence-corrected chi connectivity index (χ2v) is 6.06. The fraction of sp³-hybridized carbons (Fsp3) is 0.235. The van der Waals surface area contributed by atoms with Crippen molar-refractivity contribution in [1.29, 1.82) is 0 Å². The molecule has 0 N–H and O–H groups in total. The van der Waals surface area contributed by atoms with Crippen LogP contribution >= 0.6 is 11.6 Å². The number of hydrogen-bond donors (Lipinski definition) is 0. The van der Waals surface area contributed by atoms with Crippen LogP contribution in [0.4, 0.5) is 4.79 Å². The summed E-state index contributed by atoms with van der Waals surface area (Å²) in [4.78, 5) is 48.3. The van der Waals surface area contributed by atoms with Crippen LogP contribution in [0.25, 0.3) is 5.69 Å². The largest absolute Gasteiger partial charge is 0.451 e. The van der Waals surface area contributed by atoms with Gasteiger partial charge in [0, 0.05) is 16.8 Å². The first kappa shape index (κ1) is 18.6. The summed E-state index contributed by atoms with van der Waals surface area (Å²) < 4.78 is 10.9. The van der Waals surface area contributed by atoms with Crippen LogP contribution in [0.15, 0.2) is 35.1 Å². The first-order valence-electron chi connectivity index (χ1n) is 7.88. The lowest BCUT2D eigenvalue weighted by atomic mass is 10.3. The van der Waals surface area contributed by atoms with E-state index in [2.05, 4.69) is 9.84 Å². The van der Waals surface area contributed by atoms with E-state index in [0.29, 0.717) is 16.4 Å². The molecule has 1 aliphatic heterocycles. The molecule has 2 aromatic rings. The number of cyclic esters (lactones) is 1. The monoisotopic (exact) mass is 391 g/mol. The van der Waals surface area contributed by atoms with Crippen LogP contribution < -0.4 is 5.43 Å². The van der Waals surface area contributed by atoms with Crippen LogP contribution in [-0.4, -0.2) is 52.4 Å². The Morgan fingerprint density at radius 2 is 1.96 bits per heavy atom. The SMILES string of the molecule is Cc1cc(=O)c(C(=O)OCC(=O)N2CCOC2=O)nn1-c1ccc(Cl)cc1. The van der Waals surface area contributed by atoms with Crippen LogP contribution in [-0.2, 0) is 14.3 Å². The Labute approximate surface area is 158 Å². The van der Waals surface area contributed by atoms with Crippen LogP contribution in [0.1, 0.15) is 16.2 Å². The summed E-state index contributed by atoms with van der Waals surface area (Å²) in [5.41, 5.74) is -0.0420. The lowest BCUT2D eigenvalue weighted by Gasteiger charge is -2.12. The quantitative estimate of drug-likeness (QED) is 0.723. The average Bonchev–Trinajstić information content (AvgIpc) is 3.06. The summed E-state index contributed by atoms with van der Waals surface area (Å²) in [6.45, 7) is 1.12. The Hall–Kier alpha value is -3.20. The van der Waals surface area contributed by atoms with Gasteiger partial charge in [-0.2, -0.15) is 5.10 Å². The molecule has 1 fully saturated rings. The maximum atomic E-state index is 12.2. The number of benzene rings is 1. The number of hydrogen-bond acceptors (Lipinski definition) is 7. The molecule has 2 heterocycles. The number of ether oxygens (including phenoxy) is 2. The summed E-state index contributed by atoms with van der Waals surface area (Å²) in [7, 11) is 0. The Morgan fingerprint density at radius 3 is 2.59 bits per heavy atom. The molecule has 1 aromatic carbocycles. The molecular formula is C17H14ClN3O6. The molecule has 1 aromatic heterocycles. The maximum absolute atomic E-state index is 12.2. The van der Waals surface area contributed by atoms with Crippen molar-refractivity contribution >= 4 is 29.6 Å². The minimum Gasteiger partial charge on any atom is -0.451 e. The highest BCUT2D eigenvalue weighted by Crippen LogP contribution is 2.14. The number of rotatable bonds is 4. The van der Waals surface area contributed by atoms with E-state index in [1.54, 1.807) is 31.2 Å². The molecule has 1 aliphatic rings. The zero-order valence-corrected chi connectivity index (χ0v) is 14.9. The molecule has 1 saturated heterocycles. The maximum Gasteiger partial charge on any atom is 0.416 e. The van der Waals surface area contributed by atoms with Gasteiger partial charge in [0.05, 0.1) is 12.2 Å². The van der Waals surface area contributed by atoms with Crippen LogP contribution in [0, 0.1) is 6.92 Å². The topological polar surface area (TPSA) is 108 Å². The van der Waals surface area contributed by atoms with Gasteiger partial charge in [-0.15, -0.1) is 0 Å². The van der Waals surface area contributed by atoms with Crippen LogP contribution in [0.3, 0.4) is 0 Å². The third kappa shape index (κ3) is 3.98. The molecule has 0 unspecified atom stereocenters. The number of aromatic nitrogens is 2. The molecule has 3 rings (SSSR count). The van der Waals surface area contributed by atoms with Gasteiger partial charge in [0.15, 0.2) is 6.61 Å². The Morgan fingerprint density at radius 1 is 1.26 bits per heavy atom. The van der Waals surface area contributed by atoms with Gasteiger partial charge in [0.2, 0.25) is 11.1 Å². The van der Waals surface area contributed by atoms with Gasteiger partial charge >= 0.3 is 12.1 Å². The van der Waals surface area contributed by atoms with Crippen molar-refractivity contribution in [3.8, 4) is 5.69 Å². The molecule has 2 amide bonds. The van der Waals surface area contributed by atoms with Crippen molar-refractivity contribution in [3.05, 3.63) is 57.0 Å². The first-order chi connectivity index (χ1) is 12.9. The lowest BCUT2D eigenvalue weighted by molar-refractivity contribution is -0.131. The summed E-state index contributed by atoms with van der Waals surface area (Å²) in [6, 6.07) is 7.86. The predicted octanol–water partition coefficient (Wildman–Crippen LogP) is 1.33. The van der Waals surface area contributed by atoms with E-state index >= 15 is 0 Å². The molecule has 10 heteroatoms. The van der Waals surface area contributed by atoms with Gasteiger partial charge in [0.25, 0.3) is 5.91 Å². The van der Waals surface area contributed by atoms with Crippen molar-refractivity contribution in [2.24, 2.45) is 0 Å². The number of imide groups is 1. The van der Waals surface area contributed by atoms with Gasteiger partial charge in [-0.05, 0) is 31.2 Å². The van der Waals surface area contributed by atoms with E-state index < -0.39 is 35.7 Å². The third-order valence-corrected chi connectivity index (χ3v) is 4.01. The predicted molar refractivity (Wildman–Crippen MR) is 92.9 cm³/mol. The number of esters is 1. The average molecular weight is 392 g/mol. The number of aryl methyl sites for hydroxylation is 1. The molecule has 27 heavy (non-hydrogen) atoms. The standard InChI is InChI=1S/C17H14ClN3O6/c1-10-8-13(22)15(19-21(10)12-4-2-11(18)3-5-12)16(24)27-9-14(23)20-6-7-26-17(20)25/h2-5,8H,6-7,9H2,1H3.